The van der Waals surface area contributed by atoms with Gasteiger partial charge in [-0.2, -0.15) is 5.26 Å². The second-order valence-electron chi connectivity index (χ2n) is 5.69. The van der Waals surface area contributed by atoms with E-state index in [1.807, 2.05) is 13.0 Å². The third kappa shape index (κ3) is 4.30. The van der Waals surface area contributed by atoms with Crippen molar-refractivity contribution in [2.45, 2.75) is 25.8 Å². The molecular weight excluding hydrogens is 294 g/mol. The van der Waals surface area contributed by atoms with Gasteiger partial charge in [0.1, 0.15) is 0 Å². The summed E-state index contributed by atoms with van der Waals surface area (Å²) in [6.45, 7) is 3.25. The number of nitriles is 1. The van der Waals surface area contributed by atoms with E-state index in [4.69, 9.17) is 10.00 Å². The highest BCUT2D eigenvalue weighted by Crippen LogP contribution is 2.20. The zero-order valence-corrected chi connectivity index (χ0v) is 13.4. The fourth-order valence-electron chi connectivity index (χ4n) is 2.73. The molecule has 0 spiro atoms. The summed E-state index contributed by atoms with van der Waals surface area (Å²) in [6, 6.07) is 8.53. The minimum atomic E-state index is -0.274. The Bertz CT molecular complexity index is 599. The number of esters is 1. The molecule has 1 atom stereocenters. The molecule has 6 nitrogen and oxygen atoms in total. The second kappa shape index (κ2) is 7.75. The Hall–Kier alpha value is -2.39. The standard InChI is InChI=1S/C17H21N3O3/c1-12(20-9-7-14(8-10-20)17(22)23-2)16(21)19-15-5-3-13(11-18)4-6-15/h3-6,12,14H,7-10H2,1-2H3,(H,19,21)/t12-/m0/s1. The number of piperidine rings is 1. The number of anilines is 1. The number of nitrogens with one attached hydrogen (secondary N) is 1. The average Bonchev–Trinajstić information content (AvgIpc) is 2.61. The van der Waals surface area contributed by atoms with E-state index < -0.39 is 0 Å². The molecular formula is C17H21N3O3. The monoisotopic (exact) mass is 315 g/mol. The lowest BCUT2D eigenvalue weighted by Gasteiger charge is -2.34. The fourth-order valence-corrected chi connectivity index (χ4v) is 2.73. The minimum Gasteiger partial charge on any atom is -0.469 e. The maximum atomic E-state index is 12.3. The lowest BCUT2D eigenvalue weighted by Crippen LogP contribution is -2.47. The highest BCUT2D eigenvalue weighted by Gasteiger charge is 2.30. The van der Waals surface area contributed by atoms with Gasteiger partial charge in [0.05, 0.1) is 30.7 Å². The van der Waals surface area contributed by atoms with Gasteiger partial charge in [-0.3, -0.25) is 14.5 Å². The molecule has 23 heavy (non-hydrogen) atoms. The highest BCUT2D eigenvalue weighted by molar-refractivity contribution is 5.94. The van der Waals surface area contributed by atoms with Crippen LogP contribution in [0.3, 0.4) is 0 Å². The molecule has 1 amide bonds. The molecule has 1 saturated heterocycles. The Labute approximate surface area is 136 Å². The van der Waals surface area contributed by atoms with Crippen molar-refractivity contribution in [2.24, 2.45) is 5.92 Å². The molecule has 0 aliphatic carbocycles. The van der Waals surface area contributed by atoms with Crippen LogP contribution in [0.2, 0.25) is 0 Å². The number of amides is 1. The maximum Gasteiger partial charge on any atom is 0.308 e. The summed E-state index contributed by atoms with van der Waals surface area (Å²) >= 11 is 0. The molecule has 1 fully saturated rings. The van der Waals surface area contributed by atoms with E-state index in [-0.39, 0.29) is 23.8 Å². The summed E-state index contributed by atoms with van der Waals surface area (Å²) in [6.07, 6.45) is 1.42. The Kier molecular flexibility index (Phi) is 5.72. The van der Waals surface area contributed by atoms with Gasteiger partial charge in [-0.05, 0) is 57.1 Å². The first-order valence-electron chi connectivity index (χ1n) is 7.68. The number of benzene rings is 1. The predicted octanol–water partition coefficient (Wildman–Crippen LogP) is 1.77. The van der Waals surface area contributed by atoms with Crippen LogP contribution in [0.1, 0.15) is 25.3 Å². The van der Waals surface area contributed by atoms with E-state index in [1.165, 1.54) is 7.11 Å². The van der Waals surface area contributed by atoms with Crippen LogP contribution < -0.4 is 5.32 Å². The Morgan fingerprint density at radius 2 is 1.91 bits per heavy atom. The molecule has 0 saturated carbocycles. The quantitative estimate of drug-likeness (QED) is 0.856. The first-order chi connectivity index (χ1) is 11.0. The average molecular weight is 315 g/mol. The maximum absolute atomic E-state index is 12.3. The smallest absolute Gasteiger partial charge is 0.308 e. The molecule has 1 aliphatic heterocycles. The molecule has 1 N–H and O–H groups in total. The summed E-state index contributed by atoms with van der Waals surface area (Å²) in [7, 11) is 1.41. The van der Waals surface area contributed by atoms with Gasteiger partial charge in [0.2, 0.25) is 5.91 Å². The van der Waals surface area contributed by atoms with Crippen LogP contribution in [0.15, 0.2) is 24.3 Å². The van der Waals surface area contributed by atoms with Crippen molar-refractivity contribution >= 4 is 17.6 Å². The number of carbonyl (C=O) groups excluding carboxylic acids is 2. The lowest BCUT2D eigenvalue weighted by atomic mass is 9.96. The van der Waals surface area contributed by atoms with Gasteiger partial charge in [-0.15, -0.1) is 0 Å². The van der Waals surface area contributed by atoms with Crippen molar-refractivity contribution in [3.05, 3.63) is 29.8 Å². The molecule has 0 aromatic heterocycles. The molecule has 0 bridgehead atoms. The Morgan fingerprint density at radius 3 is 2.43 bits per heavy atom. The van der Waals surface area contributed by atoms with Crippen molar-refractivity contribution in [1.82, 2.24) is 4.90 Å². The van der Waals surface area contributed by atoms with E-state index in [2.05, 4.69) is 10.2 Å². The van der Waals surface area contributed by atoms with Crippen LogP contribution in [0, 0.1) is 17.2 Å². The number of nitrogens with zero attached hydrogens (tertiary/aromatic N) is 2. The van der Waals surface area contributed by atoms with Crippen LogP contribution >= 0.6 is 0 Å². The van der Waals surface area contributed by atoms with Crippen molar-refractivity contribution in [1.29, 1.82) is 5.26 Å². The minimum absolute atomic E-state index is 0.0648. The highest BCUT2D eigenvalue weighted by atomic mass is 16.5. The largest absolute Gasteiger partial charge is 0.469 e. The van der Waals surface area contributed by atoms with Crippen LogP contribution in [-0.4, -0.2) is 43.0 Å². The molecule has 1 aliphatic rings. The van der Waals surface area contributed by atoms with Crippen molar-refractivity contribution in [2.75, 3.05) is 25.5 Å². The van der Waals surface area contributed by atoms with Crippen molar-refractivity contribution in [3.63, 3.8) is 0 Å². The summed E-state index contributed by atoms with van der Waals surface area (Å²) in [5, 5.41) is 11.6. The third-order valence-electron chi connectivity index (χ3n) is 4.27. The zero-order valence-electron chi connectivity index (χ0n) is 13.4. The molecule has 1 heterocycles. The van der Waals surface area contributed by atoms with Crippen LogP contribution in [-0.2, 0) is 14.3 Å². The van der Waals surface area contributed by atoms with Crippen LogP contribution in [0.4, 0.5) is 5.69 Å². The van der Waals surface area contributed by atoms with Gasteiger partial charge in [0, 0.05) is 5.69 Å². The lowest BCUT2D eigenvalue weighted by molar-refractivity contribution is -0.147. The number of hydrogen-bond acceptors (Lipinski definition) is 5. The summed E-state index contributed by atoms with van der Waals surface area (Å²) in [5.74, 6) is -0.324. The predicted molar refractivity (Wildman–Crippen MR) is 85.6 cm³/mol. The van der Waals surface area contributed by atoms with E-state index in [0.29, 0.717) is 37.2 Å². The number of ether oxygens (including phenoxy) is 1. The molecule has 2 rings (SSSR count). The van der Waals surface area contributed by atoms with Crippen molar-refractivity contribution in [3.8, 4) is 6.07 Å². The van der Waals surface area contributed by atoms with Gasteiger partial charge >= 0.3 is 5.97 Å². The number of carbonyl (C=O) groups is 2. The van der Waals surface area contributed by atoms with Gasteiger partial charge in [-0.25, -0.2) is 0 Å². The Balaban J connectivity index is 1.87. The number of methoxy groups -OCH3 is 1. The van der Waals surface area contributed by atoms with Crippen LogP contribution in [0.5, 0.6) is 0 Å². The molecule has 1 aromatic carbocycles. The summed E-state index contributed by atoms with van der Waals surface area (Å²) in [5.41, 5.74) is 1.23. The fraction of sp³-hybridized carbons (Fsp3) is 0.471. The van der Waals surface area contributed by atoms with Crippen LogP contribution in [0.25, 0.3) is 0 Å². The second-order valence-corrected chi connectivity index (χ2v) is 5.69. The van der Waals surface area contributed by atoms with Gasteiger partial charge in [0.25, 0.3) is 0 Å². The van der Waals surface area contributed by atoms with E-state index in [1.54, 1.807) is 24.3 Å². The molecule has 0 radical (unpaired) electrons. The zero-order chi connectivity index (χ0) is 16.8. The molecule has 6 heteroatoms. The van der Waals surface area contributed by atoms with Gasteiger partial charge < -0.3 is 10.1 Å². The van der Waals surface area contributed by atoms with Crippen molar-refractivity contribution < 1.29 is 14.3 Å². The summed E-state index contributed by atoms with van der Waals surface area (Å²) < 4.78 is 4.77. The molecule has 122 valence electrons. The van der Waals surface area contributed by atoms with E-state index >= 15 is 0 Å². The first-order valence-corrected chi connectivity index (χ1v) is 7.68. The number of rotatable bonds is 4. The topological polar surface area (TPSA) is 82.4 Å². The SMILES string of the molecule is COC(=O)C1CCN([C@@H](C)C(=O)Nc2ccc(C#N)cc2)CC1. The first kappa shape index (κ1) is 17.0. The van der Waals surface area contributed by atoms with Gasteiger partial charge in [0.15, 0.2) is 0 Å². The molecule has 0 unspecified atom stereocenters. The van der Waals surface area contributed by atoms with E-state index in [9.17, 15) is 9.59 Å². The van der Waals surface area contributed by atoms with E-state index in [0.717, 1.165) is 0 Å². The normalized spacial score (nSPS) is 17.1. The number of hydrogen-bond donors (Lipinski definition) is 1. The van der Waals surface area contributed by atoms with Gasteiger partial charge in [-0.1, -0.05) is 0 Å². The third-order valence-corrected chi connectivity index (χ3v) is 4.27. The Morgan fingerprint density at radius 1 is 1.30 bits per heavy atom. The number of likely N-dealkylation sites (tertiary alicyclic amines) is 1. The molecule has 1 aromatic rings. The summed E-state index contributed by atoms with van der Waals surface area (Å²) in [4.78, 5) is 25.9.